The van der Waals surface area contributed by atoms with Gasteiger partial charge < -0.3 is 5.11 Å². The van der Waals surface area contributed by atoms with E-state index in [4.69, 9.17) is 6.42 Å². The summed E-state index contributed by atoms with van der Waals surface area (Å²) < 4.78 is 0. The van der Waals surface area contributed by atoms with Crippen molar-refractivity contribution in [2.75, 3.05) is 0 Å². The monoisotopic (exact) mass is 576 g/mol. The van der Waals surface area contributed by atoms with Gasteiger partial charge in [0.1, 0.15) is 5.60 Å². The van der Waals surface area contributed by atoms with E-state index in [9.17, 15) is 14.7 Å². The number of terminal acetylenes is 1. The Morgan fingerprint density at radius 2 is 1.07 bits per heavy atom. The summed E-state index contributed by atoms with van der Waals surface area (Å²) in [5, 5.41) is 10.6. The third-order valence-electron chi connectivity index (χ3n) is 4.83. The molecule has 0 aromatic carbocycles. The lowest BCUT2D eigenvalue weighted by atomic mass is 9.68. The van der Waals surface area contributed by atoms with Crippen molar-refractivity contribution >= 4 is 11.6 Å². The van der Waals surface area contributed by atoms with Gasteiger partial charge in [0.25, 0.3) is 0 Å². The second-order valence-corrected chi connectivity index (χ2v) is 8.79. The number of ketones is 2. The summed E-state index contributed by atoms with van der Waals surface area (Å²) in [6.45, 7) is 8.67. The van der Waals surface area contributed by atoms with Crippen molar-refractivity contribution in [2.45, 2.75) is 46.6 Å². The summed E-state index contributed by atoms with van der Waals surface area (Å²) in [5.41, 5.74) is -0.935. The highest BCUT2D eigenvalue weighted by Crippen LogP contribution is 2.40. The largest absolute Gasteiger partial charge is 0.381 e. The second kappa shape index (κ2) is 23.5. The molecule has 1 aliphatic carbocycles. The summed E-state index contributed by atoms with van der Waals surface area (Å²) in [5.74, 6) is 61.9. The van der Waals surface area contributed by atoms with Gasteiger partial charge in [0.15, 0.2) is 11.6 Å². The SMILES string of the molecule is C#CC#CC#CC#CC#CC#CC#CC#CC#CC#CC#CC#CC#CC.CC(=O)/C=C(C)\C=C\C1(O)C=CC(=O)CC1(C)C. The molecule has 0 heterocycles. The van der Waals surface area contributed by atoms with Crippen LogP contribution in [0.15, 0.2) is 36.0 Å². The molecule has 0 fully saturated rings. The first-order valence-electron chi connectivity index (χ1n) is 12.8. The van der Waals surface area contributed by atoms with E-state index in [1.807, 2.05) is 13.8 Å². The zero-order valence-electron chi connectivity index (χ0n) is 25.4. The Kier molecular flexibility index (Phi) is 19.7. The molecule has 1 atom stereocenters. The fourth-order valence-electron chi connectivity index (χ4n) is 2.74. The normalized spacial score (nSPS) is 13.4. The Morgan fingerprint density at radius 1 is 0.711 bits per heavy atom. The van der Waals surface area contributed by atoms with E-state index in [0.29, 0.717) is 6.42 Å². The molecule has 0 amide bonds. The molecule has 3 nitrogen and oxygen atoms in total. The van der Waals surface area contributed by atoms with Gasteiger partial charge in [0.2, 0.25) is 0 Å². The molecule has 0 spiro atoms. The standard InChI is InChI=1S/C27H4.C15H20O3/c1-3-5-7-9-11-13-15-17-19-21-23-25-27-26-24-22-20-18-16-14-12-10-8-6-4-2;1-11(9-12(2)16)5-7-15(18)8-6-13(17)10-14(15,3)4/h1H,2H3;5-9,18H,10H2,1-4H3/b;7-5+,11-9-. The summed E-state index contributed by atoms with van der Waals surface area (Å²) in [6.07, 6.45) is 13.0. The molecule has 0 saturated carbocycles. The van der Waals surface area contributed by atoms with Crippen LogP contribution in [0.4, 0.5) is 0 Å². The van der Waals surface area contributed by atoms with Crippen molar-refractivity contribution in [3.8, 4) is 154 Å². The lowest BCUT2D eigenvalue weighted by molar-refractivity contribution is -0.120. The van der Waals surface area contributed by atoms with E-state index >= 15 is 0 Å². The van der Waals surface area contributed by atoms with Crippen LogP contribution < -0.4 is 0 Å². The van der Waals surface area contributed by atoms with Crippen LogP contribution in [0.5, 0.6) is 0 Å². The first-order chi connectivity index (χ1) is 21.6. The van der Waals surface area contributed by atoms with Crippen molar-refractivity contribution in [2.24, 2.45) is 5.41 Å². The van der Waals surface area contributed by atoms with Gasteiger partial charge in [0.05, 0.1) is 0 Å². The highest BCUT2D eigenvalue weighted by molar-refractivity contribution is 5.92. The molecule has 1 aliphatic rings. The molecule has 1 unspecified atom stereocenters. The highest BCUT2D eigenvalue weighted by atomic mass is 16.3. The molecular formula is C42H24O3. The minimum atomic E-state index is -1.16. The molecule has 1 rings (SSSR count). The number of allylic oxidation sites excluding steroid dienone is 4. The van der Waals surface area contributed by atoms with Gasteiger partial charge in [-0.1, -0.05) is 25.8 Å². The minimum Gasteiger partial charge on any atom is -0.381 e. The average Bonchev–Trinajstić information content (AvgIpc) is 2.98. The molecule has 0 aliphatic heterocycles. The predicted molar refractivity (Wildman–Crippen MR) is 179 cm³/mol. The van der Waals surface area contributed by atoms with E-state index in [2.05, 4.69) is 148 Å². The van der Waals surface area contributed by atoms with E-state index in [1.165, 1.54) is 25.2 Å². The maximum absolute atomic E-state index is 11.4. The van der Waals surface area contributed by atoms with E-state index in [-0.39, 0.29) is 11.6 Å². The second-order valence-electron chi connectivity index (χ2n) is 8.79. The third kappa shape index (κ3) is 20.3. The van der Waals surface area contributed by atoms with Gasteiger partial charge >= 0.3 is 0 Å². The smallest absolute Gasteiger partial charge is 0.156 e. The Morgan fingerprint density at radius 3 is 1.38 bits per heavy atom. The quantitative estimate of drug-likeness (QED) is 0.320. The van der Waals surface area contributed by atoms with E-state index in [0.717, 1.165) is 5.57 Å². The Labute approximate surface area is 268 Å². The van der Waals surface area contributed by atoms with Crippen molar-refractivity contribution in [3.63, 3.8) is 0 Å². The first-order valence-corrected chi connectivity index (χ1v) is 12.8. The zero-order valence-corrected chi connectivity index (χ0v) is 25.4. The zero-order chi connectivity index (χ0) is 33.7. The van der Waals surface area contributed by atoms with Crippen LogP contribution in [0.25, 0.3) is 0 Å². The van der Waals surface area contributed by atoms with Gasteiger partial charge in [-0.25, -0.2) is 0 Å². The number of hydrogen-bond donors (Lipinski definition) is 1. The topological polar surface area (TPSA) is 54.4 Å². The molecule has 45 heavy (non-hydrogen) atoms. The number of carbonyl (C=O) groups excluding carboxylic acids is 2. The van der Waals surface area contributed by atoms with Gasteiger partial charge in [-0.15, -0.1) is 6.42 Å². The number of hydrogen-bond acceptors (Lipinski definition) is 3. The molecular weight excluding hydrogens is 552 g/mol. The van der Waals surface area contributed by atoms with Crippen LogP contribution in [-0.4, -0.2) is 22.3 Å². The number of rotatable bonds is 3. The lowest BCUT2D eigenvalue weighted by Gasteiger charge is -2.40. The average molecular weight is 577 g/mol. The van der Waals surface area contributed by atoms with Gasteiger partial charge in [-0.2, -0.15) is 0 Å². The van der Waals surface area contributed by atoms with Crippen LogP contribution in [0, 0.1) is 160 Å². The summed E-state index contributed by atoms with van der Waals surface area (Å²) in [7, 11) is 0. The van der Waals surface area contributed by atoms with Gasteiger partial charge in [-0.3, -0.25) is 9.59 Å². The Hall–Kier alpha value is -7.20. The molecule has 210 valence electrons. The molecule has 0 aromatic rings. The maximum Gasteiger partial charge on any atom is 0.156 e. The lowest BCUT2D eigenvalue weighted by Crippen LogP contribution is -2.45. The fraction of sp³-hybridized carbons (Fsp3) is 0.190. The summed E-state index contributed by atoms with van der Waals surface area (Å²) in [4.78, 5) is 22.3. The molecule has 0 radical (unpaired) electrons. The molecule has 1 N–H and O–H groups in total. The van der Waals surface area contributed by atoms with Crippen LogP contribution in [0.3, 0.4) is 0 Å². The van der Waals surface area contributed by atoms with Crippen molar-refractivity contribution in [1.29, 1.82) is 0 Å². The summed E-state index contributed by atoms with van der Waals surface area (Å²) >= 11 is 0. The van der Waals surface area contributed by atoms with Crippen LogP contribution >= 0.6 is 0 Å². The number of aliphatic hydroxyl groups is 1. The van der Waals surface area contributed by atoms with Crippen LogP contribution in [0.2, 0.25) is 0 Å². The van der Waals surface area contributed by atoms with Gasteiger partial charge in [0, 0.05) is 59.2 Å². The van der Waals surface area contributed by atoms with Crippen molar-refractivity contribution in [3.05, 3.63) is 36.0 Å². The highest BCUT2D eigenvalue weighted by Gasteiger charge is 2.43. The fourth-order valence-corrected chi connectivity index (χ4v) is 2.74. The first kappa shape index (κ1) is 37.8. The van der Waals surface area contributed by atoms with E-state index in [1.54, 1.807) is 26.0 Å². The maximum atomic E-state index is 11.4. The van der Waals surface area contributed by atoms with Gasteiger partial charge in [-0.05, 0) is 145 Å². The summed E-state index contributed by atoms with van der Waals surface area (Å²) in [6, 6.07) is 0. The molecule has 0 aromatic heterocycles. The predicted octanol–water partition coefficient (Wildman–Crippen LogP) is 3.04. The van der Waals surface area contributed by atoms with Crippen molar-refractivity contribution < 1.29 is 14.7 Å². The van der Waals surface area contributed by atoms with Crippen molar-refractivity contribution in [1.82, 2.24) is 0 Å². The number of carbonyl (C=O) groups is 2. The molecule has 0 saturated heterocycles. The van der Waals surface area contributed by atoms with Crippen LogP contribution in [0.1, 0.15) is 41.0 Å². The molecule has 0 bridgehead atoms. The third-order valence-corrected chi connectivity index (χ3v) is 4.83. The van der Waals surface area contributed by atoms with E-state index < -0.39 is 11.0 Å². The Bertz CT molecular complexity index is 2100. The van der Waals surface area contributed by atoms with Crippen LogP contribution in [-0.2, 0) is 9.59 Å². The Balaban J connectivity index is 0.000000929. The molecule has 3 heteroatoms. The minimum absolute atomic E-state index is 0.0223.